The van der Waals surface area contributed by atoms with Gasteiger partial charge in [0.1, 0.15) is 0 Å². The lowest BCUT2D eigenvalue weighted by molar-refractivity contribution is -0.142. The smallest absolute Gasteiger partial charge is 0.330 e. The van der Waals surface area contributed by atoms with Crippen molar-refractivity contribution in [1.82, 2.24) is 0 Å². The number of hydrogen-bond acceptors (Lipinski definition) is 3. The topological polar surface area (TPSA) is 35.5 Å². The Hall–Kier alpha value is -0.613. The Morgan fingerprint density at radius 3 is 2.92 bits per heavy atom. The molecule has 1 atom stereocenters. The zero-order valence-corrected chi connectivity index (χ0v) is 9.12. The SMILES string of the molecule is C=CC(=O)OC(C)CC[SiH2]OC. The summed E-state index contributed by atoms with van der Waals surface area (Å²) in [5.41, 5.74) is 0. The maximum absolute atomic E-state index is 10.7. The number of carbonyl (C=O) groups excluding carboxylic acids is 1. The van der Waals surface area contributed by atoms with Crippen LogP contribution in [-0.2, 0) is 14.0 Å². The number of carbonyl (C=O) groups is 1. The molecule has 0 saturated carbocycles. The molecular formula is C8H16O3Si. The van der Waals surface area contributed by atoms with Gasteiger partial charge in [0.25, 0.3) is 0 Å². The zero-order valence-electron chi connectivity index (χ0n) is 7.71. The molecule has 0 aromatic rings. The average molecular weight is 188 g/mol. The third-order valence-electron chi connectivity index (χ3n) is 1.44. The maximum atomic E-state index is 10.7. The van der Waals surface area contributed by atoms with Gasteiger partial charge < -0.3 is 9.16 Å². The van der Waals surface area contributed by atoms with Crippen LogP contribution in [0.25, 0.3) is 0 Å². The van der Waals surface area contributed by atoms with Crippen LogP contribution in [0.5, 0.6) is 0 Å². The summed E-state index contributed by atoms with van der Waals surface area (Å²) in [6, 6.07) is 1.04. The lowest BCUT2D eigenvalue weighted by Crippen LogP contribution is -2.13. The molecule has 0 aromatic carbocycles. The van der Waals surface area contributed by atoms with Gasteiger partial charge in [0.15, 0.2) is 9.76 Å². The number of hydrogen-bond donors (Lipinski definition) is 0. The van der Waals surface area contributed by atoms with Crippen molar-refractivity contribution < 1.29 is 14.0 Å². The quantitative estimate of drug-likeness (QED) is 0.266. The lowest BCUT2D eigenvalue weighted by Gasteiger charge is -2.10. The maximum Gasteiger partial charge on any atom is 0.330 e. The van der Waals surface area contributed by atoms with E-state index in [1.165, 1.54) is 6.08 Å². The molecule has 70 valence electrons. The molecule has 12 heavy (non-hydrogen) atoms. The minimum absolute atomic E-state index is 0.0156. The zero-order chi connectivity index (χ0) is 9.40. The molecule has 0 amide bonds. The summed E-state index contributed by atoms with van der Waals surface area (Å²) < 4.78 is 9.96. The van der Waals surface area contributed by atoms with E-state index in [-0.39, 0.29) is 21.8 Å². The standard InChI is InChI=1S/C8H16O3Si/c1-4-8(9)11-7(2)5-6-12-10-3/h4,7H,1,5-6,12H2,2-3H3. The van der Waals surface area contributed by atoms with E-state index in [4.69, 9.17) is 9.16 Å². The van der Waals surface area contributed by atoms with Crippen molar-refractivity contribution in [2.24, 2.45) is 0 Å². The highest BCUT2D eigenvalue weighted by Crippen LogP contribution is 2.01. The highest BCUT2D eigenvalue weighted by molar-refractivity contribution is 6.26. The van der Waals surface area contributed by atoms with Crippen LogP contribution in [0.2, 0.25) is 6.04 Å². The molecule has 0 bridgehead atoms. The third kappa shape index (κ3) is 6.12. The molecule has 0 heterocycles. The third-order valence-corrected chi connectivity index (χ3v) is 2.55. The average Bonchev–Trinajstić information content (AvgIpc) is 2.05. The van der Waals surface area contributed by atoms with Gasteiger partial charge in [-0.3, -0.25) is 0 Å². The van der Waals surface area contributed by atoms with Crippen molar-refractivity contribution in [1.29, 1.82) is 0 Å². The van der Waals surface area contributed by atoms with E-state index in [1.807, 2.05) is 6.92 Å². The first-order valence-corrected chi connectivity index (χ1v) is 5.60. The van der Waals surface area contributed by atoms with Gasteiger partial charge in [-0.05, 0) is 19.4 Å². The molecule has 0 radical (unpaired) electrons. The fourth-order valence-electron chi connectivity index (χ4n) is 0.820. The highest BCUT2D eigenvalue weighted by Gasteiger charge is 2.05. The number of esters is 1. The molecule has 1 unspecified atom stereocenters. The number of ether oxygens (including phenoxy) is 1. The Bertz CT molecular complexity index is 147. The lowest BCUT2D eigenvalue weighted by atomic mass is 10.3. The van der Waals surface area contributed by atoms with Crippen LogP contribution in [0, 0.1) is 0 Å². The van der Waals surface area contributed by atoms with E-state index in [2.05, 4.69) is 6.58 Å². The van der Waals surface area contributed by atoms with E-state index in [0.717, 1.165) is 12.5 Å². The van der Waals surface area contributed by atoms with Crippen LogP contribution in [0.4, 0.5) is 0 Å². The molecule has 0 aromatic heterocycles. The predicted molar refractivity (Wildman–Crippen MR) is 50.7 cm³/mol. The summed E-state index contributed by atoms with van der Waals surface area (Å²) in [5, 5.41) is 0. The van der Waals surface area contributed by atoms with Crippen LogP contribution in [-0.4, -0.2) is 28.9 Å². The molecule has 0 saturated heterocycles. The minimum atomic E-state index is -0.378. The largest absolute Gasteiger partial charge is 0.460 e. The van der Waals surface area contributed by atoms with Crippen LogP contribution in [0.3, 0.4) is 0 Å². The Morgan fingerprint density at radius 2 is 2.42 bits per heavy atom. The monoisotopic (exact) mass is 188 g/mol. The van der Waals surface area contributed by atoms with Crippen LogP contribution in [0.1, 0.15) is 13.3 Å². The molecule has 0 fully saturated rings. The molecule has 0 spiro atoms. The predicted octanol–water partition coefficient (Wildman–Crippen LogP) is 0.643. The first-order valence-electron chi connectivity index (χ1n) is 4.02. The molecule has 0 aliphatic rings. The Balaban J connectivity index is 3.38. The fourth-order valence-corrected chi connectivity index (χ4v) is 1.85. The van der Waals surface area contributed by atoms with Gasteiger partial charge in [-0.25, -0.2) is 4.79 Å². The van der Waals surface area contributed by atoms with E-state index in [9.17, 15) is 4.79 Å². The molecule has 0 N–H and O–H groups in total. The van der Waals surface area contributed by atoms with Crippen molar-refractivity contribution in [3.63, 3.8) is 0 Å². The molecular weight excluding hydrogens is 172 g/mol. The normalized spacial score (nSPS) is 13.2. The van der Waals surface area contributed by atoms with Gasteiger partial charge in [0, 0.05) is 13.2 Å². The first kappa shape index (κ1) is 11.4. The van der Waals surface area contributed by atoms with Gasteiger partial charge in [0.2, 0.25) is 0 Å². The van der Waals surface area contributed by atoms with Gasteiger partial charge in [-0.2, -0.15) is 0 Å². The Morgan fingerprint density at radius 1 is 1.75 bits per heavy atom. The second kappa shape index (κ2) is 7.06. The van der Waals surface area contributed by atoms with Crippen molar-refractivity contribution in [3.05, 3.63) is 12.7 Å². The Labute approximate surface area is 75.7 Å². The summed E-state index contributed by atoms with van der Waals surface area (Å²) in [6.45, 7) is 5.20. The molecule has 0 aliphatic carbocycles. The van der Waals surface area contributed by atoms with E-state index in [1.54, 1.807) is 7.11 Å². The van der Waals surface area contributed by atoms with E-state index in [0.29, 0.717) is 0 Å². The number of rotatable bonds is 6. The molecule has 4 heteroatoms. The molecule has 3 nitrogen and oxygen atoms in total. The van der Waals surface area contributed by atoms with Crippen LogP contribution in [0.15, 0.2) is 12.7 Å². The molecule has 0 rings (SSSR count). The summed E-state index contributed by atoms with van der Waals surface area (Å²) >= 11 is 0. The fraction of sp³-hybridized carbons (Fsp3) is 0.625. The van der Waals surface area contributed by atoms with Gasteiger partial charge >= 0.3 is 5.97 Å². The van der Waals surface area contributed by atoms with Crippen molar-refractivity contribution in [3.8, 4) is 0 Å². The second-order valence-corrected chi connectivity index (χ2v) is 4.28. The van der Waals surface area contributed by atoms with Crippen molar-refractivity contribution in [2.45, 2.75) is 25.5 Å². The summed E-state index contributed by atoms with van der Waals surface area (Å²) in [4.78, 5) is 10.7. The Kier molecular flexibility index (Phi) is 6.70. The van der Waals surface area contributed by atoms with Gasteiger partial charge in [-0.15, -0.1) is 0 Å². The van der Waals surface area contributed by atoms with Gasteiger partial charge in [0.05, 0.1) is 6.10 Å². The first-order chi connectivity index (χ1) is 5.70. The van der Waals surface area contributed by atoms with Crippen LogP contribution >= 0.6 is 0 Å². The van der Waals surface area contributed by atoms with Crippen LogP contribution < -0.4 is 0 Å². The molecule has 0 aliphatic heterocycles. The van der Waals surface area contributed by atoms with Crippen molar-refractivity contribution >= 4 is 15.7 Å². The summed E-state index contributed by atoms with van der Waals surface area (Å²) in [7, 11) is 1.34. The highest BCUT2D eigenvalue weighted by atomic mass is 28.2. The van der Waals surface area contributed by atoms with E-state index < -0.39 is 0 Å². The van der Waals surface area contributed by atoms with Gasteiger partial charge in [-0.1, -0.05) is 6.58 Å². The summed E-state index contributed by atoms with van der Waals surface area (Å²) in [5.74, 6) is -0.346. The second-order valence-electron chi connectivity index (χ2n) is 2.59. The van der Waals surface area contributed by atoms with Crippen molar-refractivity contribution in [2.75, 3.05) is 7.11 Å². The minimum Gasteiger partial charge on any atom is -0.460 e. The summed E-state index contributed by atoms with van der Waals surface area (Å²) in [6.07, 6.45) is 2.06. The van der Waals surface area contributed by atoms with E-state index >= 15 is 0 Å².